The Hall–Kier alpha value is -2.58. The summed E-state index contributed by atoms with van der Waals surface area (Å²) in [4.78, 5) is 19.8. The van der Waals surface area contributed by atoms with Gasteiger partial charge in [0.15, 0.2) is 5.82 Å². The van der Waals surface area contributed by atoms with Crippen LogP contribution in [0.1, 0.15) is 13.3 Å². The number of benzene rings is 1. The minimum absolute atomic E-state index is 0.0346. The first-order valence-electron chi connectivity index (χ1n) is 8.71. The highest BCUT2D eigenvalue weighted by molar-refractivity contribution is 6.31. The molecule has 1 aliphatic heterocycles. The molecule has 0 unspecified atom stereocenters. The van der Waals surface area contributed by atoms with E-state index in [0.29, 0.717) is 34.4 Å². The average molecular weight is 388 g/mol. The van der Waals surface area contributed by atoms with Crippen LogP contribution in [0.25, 0.3) is 11.0 Å². The Balaban J connectivity index is 1.68. The van der Waals surface area contributed by atoms with Gasteiger partial charge in [-0.2, -0.15) is 0 Å². The van der Waals surface area contributed by atoms with E-state index < -0.39 is 5.82 Å². The molecule has 2 aromatic heterocycles. The molecule has 3 heterocycles. The number of hydrogen-bond donors (Lipinski definition) is 2. The first-order valence-corrected chi connectivity index (χ1v) is 9.09. The van der Waals surface area contributed by atoms with E-state index in [1.165, 1.54) is 18.5 Å². The summed E-state index contributed by atoms with van der Waals surface area (Å²) in [5.74, 6) is 1.02. The van der Waals surface area contributed by atoms with Crippen LogP contribution >= 0.6 is 11.6 Å². The molecule has 4 rings (SSSR count). The van der Waals surface area contributed by atoms with Crippen LogP contribution in [-0.4, -0.2) is 39.1 Å². The van der Waals surface area contributed by atoms with E-state index >= 15 is 0 Å². The van der Waals surface area contributed by atoms with Crippen molar-refractivity contribution in [3.63, 3.8) is 0 Å². The number of rotatable bonds is 3. The molecule has 1 fully saturated rings. The van der Waals surface area contributed by atoms with E-state index in [9.17, 15) is 4.39 Å². The highest BCUT2D eigenvalue weighted by Crippen LogP contribution is 2.26. The Kier molecular flexibility index (Phi) is 4.75. The summed E-state index contributed by atoms with van der Waals surface area (Å²) >= 11 is 5.86. The molecule has 0 aliphatic carbocycles. The SMILES string of the molecule is C[C@H]1CN(c2ncc3ncnc(Nc4ccc(F)c(Cl)c4)c3n2)CC[C@@H]1N. The van der Waals surface area contributed by atoms with Crippen molar-refractivity contribution < 1.29 is 4.39 Å². The zero-order chi connectivity index (χ0) is 19.0. The molecule has 0 bridgehead atoms. The summed E-state index contributed by atoms with van der Waals surface area (Å²) in [6.07, 6.45) is 4.01. The van der Waals surface area contributed by atoms with Gasteiger partial charge in [-0.1, -0.05) is 18.5 Å². The average Bonchev–Trinajstić information content (AvgIpc) is 2.67. The second-order valence-corrected chi connectivity index (χ2v) is 7.16. The lowest BCUT2D eigenvalue weighted by Gasteiger charge is -2.35. The molecular formula is C18H19ClFN7. The van der Waals surface area contributed by atoms with Crippen molar-refractivity contribution in [2.45, 2.75) is 19.4 Å². The lowest BCUT2D eigenvalue weighted by molar-refractivity contribution is 0.380. The minimum atomic E-state index is -0.475. The Bertz CT molecular complexity index is 983. The van der Waals surface area contributed by atoms with Crippen LogP contribution in [0.2, 0.25) is 5.02 Å². The number of anilines is 3. The van der Waals surface area contributed by atoms with Crippen LogP contribution in [0.5, 0.6) is 0 Å². The quantitative estimate of drug-likeness (QED) is 0.713. The molecule has 0 spiro atoms. The maximum Gasteiger partial charge on any atom is 0.226 e. The van der Waals surface area contributed by atoms with Crippen LogP contribution < -0.4 is 16.0 Å². The summed E-state index contributed by atoms with van der Waals surface area (Å²) < 4.78 is 13.4. The van der Waals surface area contributed by atoms with Crippen LogP contribution in [-0.2, 0) is 0 Å². The molecule has 3 aromatic rings. The third-order valence-electron chi connectivity index (χ3n) is 4.80. The second-order valence-electron chi connectivity index (χ2n) is 6.76. The normalized spacial score (nSPS) is 20.1. The first-order chi connectivity index (χ1) is 13.0. The fourth-order valence-electron chi connectivity index (χ4n) is 3.14. The fraction of sp³-hybridized carbons (Fsp3) is 0.333. The van der Waals surface area contributed by atoms with Gasteiger partial charge in [-0.05, 0) is 30.5 Å². The highest BCUT2D eigenvalue weighted by Gasteiger charge is 2.25. The van der Waals surface area contributed by atoms with Crippen LogP contribution in [0.15, 0.2) is 30.7 Å². The summed E-state index contributed by atoms with van der Waals surface area (Å²) in [7, 11) is 0. The number of nitrogens with zero attached hydrogens (tertiary/aromatic N) is 5. The van der Waals surface area contributed by atoms with Crippen molar-refractivity contribution in [1.82, 2.24) is 19.9 Å². The molecule has 140 valence electrons. The largest absolute Gasteiger partial charge is 0.340 e. The molecule has 0 radical (unpaired) electrons. The summed E-state index contributed by atoms with van der Waals surface area (Å²) in [6.45, 7) is 3.74. The maximum atomic E-state index is 13.4. The Morgan fingerprint density at radius 3 is 2.93 bits per heavy atom. The van der Waals surface area contributed by atoms with Crippen molar-refractivity contribution in [3.05, 3.63) is 41.6 Å². The van der Waals surface area contributed by atoms with Crippen molar-refractivity contribution in [1.29, 1.82) is 0 Å². The van der Waals surface area contributed by atoms with Gasteiger partial charge in [0.25, 0.3) is 0 Å². The predicted molar refractivity (Wildman–Crippen MR) is 104 cm³/mol. The van der Waals surface area contributed by atoms with E-state index in [1.54, 1.807) is 12.3 Å². The van der Waals surface area contributed by atoms with Gasteiger partial charge < -0.3 is 16.0 Å². The molecule has 0 amide bonds. The molecular weight excluding hydrogens is 369 g/mol. The number of aromatic nitrogens is 4. The van der Waals surface area contributed by atoms with Crippen molar-refractivity contribution >= 4 is 40.1 Å². The number of fused-ring (bicyclic) bond motifs is 1. The number of hydrogen-bond acceptors (Lipinski definition) is 7. The molecule has 1 aromatic carbocycles. The highest BCUT2D eigenvalue weighted by atomic mass is 35.5. The maximum absolute atomic E-state index is 13.4. The van der Waals surface area contributed by atoms with Crippen molar-refractivity contribution in [2.75, 3.05) is 23.3 Å². The van der Waals surface area contributed by atoms with Gasteiger partial charge in [-0.15, -0.1) is 0 Å². The third kappa shape index (κ3) is 3.63. The van der Waals surface area contributed by atoms with Gasteiger partial charge in [0.05, 0.1) is 11.2 Å². The zero-order valence-electron chi connectivity index (χ0n) is 14.7. The summed E-state index contributed by atoms with van der Waals surface area (Å²) in [5.41, 5.74) is 7.92. The smallest absolute Gasteiger partial charge is 0.226 e. The monoisotopic (exact) mass is 387 g/mol. The first kappa shape index (κ1) is 17.8. The topological polar surface area (TPSA) is 92.9 Å². The predicted octanol–water partition coefficient (Wildman–Crippen LogP) is 3.13. The Labute approximate surface area is 160 Å². The molecule has 3 N–H and O–H groups in total. The van der Waals surface area contributed by atoms with Crippen LogP contribution in [0.3, 0.4) is 0 Å². The van der Waals surface area contributed by atoms with E-state index in [4.69, 9.17) is 17.3 Å². The lowest BCUT2D eigenvalue weighted by Crippen LogP contribution is -2.46. The number of halogens is 2. The van der Waals surface area contributed by atoms with Crippen molar-refractivity contribution in [3.8, 4) is 0 Å². The molecule has 0 saturated carbocycles. The van der Waals surface area contributed by atoms with Gasteiger partial charge in [-0.3, -0.25) is 0 Å². The Morgan fingerprint density at radius 1 is 1.30 bits per heavy atom. The number of nitrogens with one attached hydrogen (secondary N) is 1. The van der Waals surface area contributed by atoms with Gasteiger partial charge in [0.2, 0.25) is 5.95 Å². The standard InChI is InChI=1S/C18H19ClFN7/c1-10-8-27(5-4-14(10)21)18-22-7-15-16(26-18)17(24-9-23-15)25-11-2-3-13(20)12(19)6-11/h2-3,6-7,9-10,14H,4-5,8,21H2,1H3,(H,23,24,25)/t10-,14-/m0/s1. The van der Waals surface area contributed by atoms with Gasteiger partial charge in [-0.25, -0.2) is 24.3 Å². The van der Waals surface area contributed by atoms with Gasteiger partial charge >= 0.3 is 0 Å². The zero-order valence-corrected chi connectivity index (χ0v) is 15.5. The van der Waals surface area contributed by atoms with Crippen molar-refractivity contribution in [2.24, 2.45) is 11.7 Å². The molecule has 7 nitrogen and oxygen atoms in total. The van der Waals surface area contributed by atoms with E-state index in [1.807, 2.05) is 0 Å². The Morgan fingerprint density at radius 2 is 2.15 bits per heavy atom. The second kappa shape index (κ2) is 7.21. The van der Waals surface area contributed by atoms with Crippen LogP contribution in [0, 0.1) is 11.7 Å². The molecule has 9 heteroatoms. The van der Waals surface area contributed by atoms with Gasteiger partial charge in [0.1, 0.15) is 23.2 Å². The van der Waals surface area contributed by atoms with E-state index in [0.717, 1.165) is 19.5 Å². The minimum Gasteiger partial charge on any atom is -0.340 e. The summed E-state index contributed by atoms with van der Waals surface area (Å²) in [6, 6.07) is 4.59. The number of nitrogens with two attached hydrogens (primary N) is 1. The van der Waals surface area contributed by atoms with E-state index in [2.05, 4.69) is 37.1 Å². The molecule has 1 saturated heterocycles. The number of piperidine rings is 1. The molecule has 1 aliphatic rings. The van der Waals surface area contributed by atoms with E-state index in [-0.39, 0.29) is 11.1 Å². The lowest BCUT2D eigenvalue weighted by atomic mass is 9.95. The van der Waals surface area contributed by atoms with Crippen LogP contribution in [0.4, 0.5) is 21.8 Å². The van der Waals surface area contributed by atoms with Gasteiger partial charge in [0, 0.05) is 24.8 Å². The molecule has 2 atom stereocenters. The summed E-state index contributed by atoms with van der Waals surface area (Å²) in [5, 5.41) is 3.16. The fourth-order valence-corrected chi connectivity index (χ4v) is 3.33. The third-order valence-corrected chi connectivity index (χ3v) is 5.09. The molecule has 27 heavy (non-hydrogen) atoms.